The number of hydrogen-bond donors (Lipinski definition) is 3. The summed E-state index contributed by atoms with van der Waals surface area (Å²) < 4.78 is 4.93. The van der Waals surface area contributed by atoms with E-state index >= 15 is 0 Å². The van der Waals surface area contributed by atoms with Crippen molar-refractivity contribution in [3.05, 3.63) is 24.3 Å². The number of methoxy groups -OCH3 is 1. The van der Waals surface area contributed by atoms with Crippen molar-refractivity contribution >= 4 is 11.9 Å². The number of nitrogens with zero attached hydrogens (tertiary/aromatic N) is 5. The molecule has 0 radical (unpaired) electrons. The van der Waals surface area contributed by atoms with E-state index in [1.165, 1.54) is 13.4 Å². The lowest BCUT2D eigenvalue weighted by Crippen LogP contribution is -2.14. The van der Waals surface area contributed by atoms with Crippen LogP contribution in [-0.2, 0) is 6.54 Å². The molecule has 0 saturated carbocycles. The lowest BCUT2D eigenvalue weighted by atomic mass is 10.4. The van der Waals surface area contributed by atoms with Crippen LogP contribution in [0, 0.1) is 0 Å². The Morgan fingerprint density at radius 3 is 2.78 bits per heavy atom. The molecular weight excluding hydrogens is 236 g/mol. The van der Waals surface area contributed by atoms with Gasteiger partial charge in [0.1, 0.15) is 6.33 Å². The van der Waals surface area contributed by atoms with Crippen molar-refractivity contribution in [3.63, 3.8) is 0 Å². The summed E-state index contributed by atoms with van der Waals surface area (Å²) in [6.07, 6.45) is 3.13. The summed E-state index contributed by atoms with van der Waals surface area (Å²) in [5.41, 5.74) is 3.14. The second kappa shape index (κ2) is 5.68. The minimum atomic E-state index is 0.170. The summed E-state index contributed by atoms with van der Waals surface area (Å²) in [6, 6.07) is 1.95. The molecule has 18 heavy (non-hydrogen) atoms. The van der Waals surface area contributed by atoms with E-state index < -0.39 is 0 Å². The van der Waals surface area contributed by atoms with Gasteiger partial charge in [0.15, 0.2) is 0 Å². The molecule has 2 heterocycles. The molecule has 0 unspecified atom stereocenters. The van der Waals surface area contributed by atoms with Crippen LogP contribution >= 0.6 is 0 Å². The number of nitrogen functional groups attached to an aromatic ring is 1. The van der Waals surface area contributed by atoms with Crippen LogP contribution in [0.4, 0.5) is 11.9 Å². The highest BCUT2D eigenvalue weighted by molar-refractivity contribution is 5.35. The quantitative estimate of drug-likeness (QED) is 0.477. The third-order valence-corrected chi connectivity index (χ3v) is 2.00. The third kappa shape index (κ3) is 2.98. The molecule has 0 aliphatic rings. The van der Waals surface area contributed by atoms with Crippen molar-refractivity contribution in [1.29, 1.82) is 0 Å². The fourth-order valence-electron chi connectivity index (χ4n) is 1.18. The number of aromatic nitrogens is 5. The lowest BCUT2D eigenvalue weighted by Gasteiger charge is -2.07. The van der Waals surface area contributed by atoms with Gasteiger partial charge < -0.3 is 10.1 Å². The molecule has 0 aliphatic heterocycles. The first kappa shape index (κ1) is 11.9. The van der Waals surface area contributed by atoms with Crippen molar-refractivity contribution in [2.75, 3.05) is 17.9 Å². The topological polar surface area (TPSA) is 124 Å². The number of hydrazine groups is 1. The van der Waals surface area contributed by atoms with E-state index in [4.69, 9.17) is 10.6 Å². The maximum absolute atomic E-state index is 5.24. The van der Waals surface area contributed by atoms with Crippen LogP contribution in [0.1, 0.15) is 5.69 Å². The fourth-order valence-corrected chi connectivity index (χ4v) is 1.18. The maximum Gasteiger partial charge on any atom is 0.322 e. The van der Waals surface area contributed by atoms with E-state index in [2.05, 4.69) is 35.7 Å². The van der Waals surface area contributed by atoms with Crippen LogP contribution in [0.25, 0.3) is 0 Å². The molecule has 0 aliphatic carbocycles. The van der Waals surface area contributed by atoms with Crippen molar-refractivity contribution < 1.29 is 4.74 Å². The smallest absolute Gasteiger partial charge is 0.322 e. The first-order valence-corrected chi connectivity index (χ1v) is 5.07. The zero-order chi connectivity index (χ0) is 12.8. The monoisotopic (exact) mass is 248 g/mol. The minimum Gasteiger partial charge on any atom is -0.467 e. The van der Waals surface area contributed by atoms with Gasteiger partial charge in [0.05, 0.1) is 19.3 Å². The molecule has 9 heteroatoms. The van der Waals surface area contributed by atoms with Gasteiger partial charge in [-0.2, -0.15) is 15.0 Å². The zero-order valence-corrected chi connectivity index (χ0v) is 9.66. The zero-order valence-electron chi connectivity index (χ0n) is 9.66. The Morgan fingerprint density at radius 1 is 1.28 bits per heavy atom. The number of nitrogens with one attached hydrogen (secondary N) is 2. The summed E-state index contributed by atoms with van der Waals surface area (Å²) in [5.74, 6) is 5.80. The molecule has 0 spiro atoms. The van der Waals surface area contributed by atoms with Crippen LogP contribution in [0.5, 0.6) is 6.01 Å². The first-order chi connectivity index (χ1) is 8.81. The molecule has 2 aromatic heterocycles. The average Bonchev–Trinajstić information content (AvgIpc) is 2.45. The molecule has 0 atom stereocenters. The Hall–Kier alpha value is -2.55. The standard InChI is InChI=1S/C9H12N8O/c1-18-9-15-7(14-8(16-9)17-10)12-4-6-2-3-11-5-13-6/h2-3,5H,4,10H2,1H3,(H2,12,14,15,16,17). The van der Waals surface area contributed by atoms with E-state index in [1.807, 2.05) is 0 Å². The summed E-state index contributed by atoms with van der Waals surface area (Å²) in [6.45, 7) is 0.458. The highest BCUT2D eigenvalue weighted by Crippen LogP contribution is 2.10. The Balaban J connectivity index is 2.09. The number of nitrogens with two attached hydrogens (primary N) is 1. The normalized spacial score (nSPS) is 9.89. The molecule has 2 rings (SSSR count). The fraction of sp³-hybridized carbons (Fsp3) is 0.222. The predicted molar refractivity (Wildman–Crippen MR) is 63.5 cm³/mol. The predicted octanol–water partition coefficient (Wildman–Crippen LogP) is -0.432. The molecule has 9 nitrogen and oxygen atoms in total. The highest BCUT2D eigenvalue weighted by atomic mass is 16.5. The number of ether oxygens (including phenoxy) is 1. The van der Waals surface area contributed by atoms with Crippen molar-refractivity contribution in [2.45, 2.75) is 6.54 Å². The van der Waals surface area contributed by atoms with Crippen molar-refractivity contribution in [2.24, 2.45) is 5.84 Å². The van der Waals surface area contributed by atoms with Gasteiger partial charge >= 0.3 is 6.01 Å². The molecule has 0 bridgehead atoms. The average molecular weight is 248 g/mol. The van der Waals surface area contributed by atoms with E-state index in [0.29, 0.717) is 12.5 Å². The van der Waals surface area contributed by atoms with Gasteiger partial charge in [-0.25, -0.2) is 15.8 Å². The first-order valence-electron chi connectivity index (χ1n) is 5.07. The molecular formula is C9H12N8O. The van der Waals surface area contributed by atoms with Crippen LogP contribution in [0.3, 0.4) is 0 Å². The van der Waals surface area contributed by atoms with Gasteiger partial charge in [-0.05, 0) is 6.07 Å². The molecule has 0 fully saturated rings. The molecule has 0 amide bonds. The summed E-state index contributed by atoms with van der Waals surface area (Å²) >= 11 is 0. The Kier molecular flexibility index (Phi) is 3.76. The van der Waals surface area contributed by atoms with Gasteiger partial charge in [0, 0.05) is 6.20 Å². The van der Waals surface area contributed by atoms with Crippen molar-refractivity contribution in [3.8, 4) is 6.01 Å². The van der Waals surface area contributed by atoms with Crippen LogP contribution < -0.4 is 21.3 Å². The number of rotatable bonds is 5. The van der Waals surface area contributed by atoms with E-state index in [0.717, 1.165) is 5.69 Å². The largest absolute Gasteiger partial charge is 0.467 e. The molecule has 0 aromatic carbocycles. The number of hydrogen-bond acceptors (Lipinski definition) is 9. The third-order valence-electron chi connectivity index (χ3n) is 2.00. The van der Waals surface area contributed by atoms with Crippen molar-refractivity contribution in [1.82, 2.24) is 24.9 Å². The molecule has 4 N–H and O–H groups in total. The second-order valence-corrected chi connectivity index (χ2v) is 3.17. The highest BCUT2D eigenvalue weighted by Gasteiger charge is 2.05. The Morgan fingerprint density at radius 2 is 2.11 bits per heavy atom. The maximum atomic E-state index is 5.24. The van der Waals surface area contributed by atoms with Gasteiger partial charge in [0.25, 0.3) is 0 Å². The van der Waals surface area contributed by atoms with Crippen LogP contribution in [0.15, 0.2) is 18.6 Å². The Bertz CT molecular complexity index is 483. The van der Waals surface area contributed by atoms with E-state index in [1.54, 1.807) is 12.3 Å². The molecule has 2 aromatic rings. The van der Waals surface area contributed by atoms with Gasteiger partial charge in [-0.3, -0.25) is 5.43 Å². The summed E-state index contributed by atoms with van der Waals surface area (Å²) in [7, 11) is 1.46. The van der Waals surface area contributed by atoms with Crippen LogP contribution in [-0.4, -0.2) is 32.0 Å². The minimum absolute atomic E-state index is 0.170. The molecule has 94 valence electrons. The summed E-state index contributed by atoms with van der Waals surface area (Å²) in [5, 5.41) is 2.98. The SMILES string of the molecule is COc1nc(NN)nc(NCc2ccncn2)n1. The Labute approximate surface area is 103 Å². The van der Waals surface area contributed by atoms with E-state index in [-0.39, 0.29) is 12.0 Å². The second-order valence-electron chi connectivity index (χ2n) is 3.17. The number of anilines is 2. The molecule has 0 saturated heterocycles. The van der Waals surface area contributed by atoms with E-state index in [9.17, 15) is 0 Å². The van der Waals surface area contributed by atoms with Gasteiger partial charge in [-0.15, -0.1) is 0 Å². The lowest BCUT2D eigenvalue weighted by molar-refractivity contribution is 0.379. The summed E-state index contributed by atoms with van der Waals surface area (Å²) in [4.78, 5) is 19.8. The van der Waals surface area contributed by atoms with Gasteiger partial charge in [-0.1, -0.05) is 0 Å². The van der Waals surface area contributed by atoms with Gasteiger partial charge in [0.2, 0.25) is 11.9 Å². The van der Waals surface area contributed by atoms with Crippen LogP contribution in [0.2, 0.25) is 0 Å².